The molecule has 0 aliphatic rings. The number of aromatic nitrogens is 3. The second-order valence-corrected chi connectivity index (χ2v) is 14.4. The first-order valence-corrected chi connectivity index (χ1v) is 18.6. The average Bonchev–Trinajstić information content (AvgIpc) is 3.64. The maximum absolute atomic E-state index is 11.2. The molecule has 0 radical (unpaired) electrons. The molecular weight excluding hydrogens is 866 g/mol. The van der Waals surface area contributed by atoms with Crippen LogP contribution in [0.2, 0.25) is 0 Å². The van der Waals surface area contributed by atoms with Crippen LogP contribution in [0.1, 0.15) is 25.0 Å². The Kier molecular flexibility index (Phi) is 10.1. The molecule has 0 fully saturated rings. The smallest absolute Gasteiger partial charge is 0.148 e. The predicted octanol–water partition coefficient (Wildman–Crippen LogP) is 12.6. The van der Waals surface area contributed by atoms with Crippen LogP contribution in [0.5, 0.6) is 5.75 Å². The molecule has 0 aliphatic heterocycles. The summed E-state index contributed by atoms with van der Waals surface area (Å²) >= 11 is 0. The number of fused-ring (bicyclic) bond motifs is 1. The van der Waals surface area contributed by atoms with E-state index < -0.39 is 0 Å². The molecule has 0 aliphatic carbocycles. The molecule has 9 rings (SSSR count). The van der Waals surface area contributed by atoms with Gasteiger partial charge in [-0.1, -0.05) is 164 Å². The molecule has 0 unspecified atom stereocenters. The third-order valence-corrected chi connectivity index (χ3v) is 10.6. The normalized spacial score (nSPS) is 11.3. The monoisotopic (exact) mass is 903 g/mol. The van der Waals surface area contributed by atoms with Gasteiger partial charge in [0.25, 0.3) is 0 Å². The van der Waals surface area contributed by atoms with Crippen molar-refractivity contribution in [3.8, 4) is 67.5 Å². The second-order valence-electron chi connectivity index (χ2n) is 14.4. The van der Waals surface area contributed by atoms with Crippen LogP contribution in [0.15, 0.2) is 188 Å². The minimum absolute atomic E-state index is 0. The minimum atomic E-state index is -0.183. The maximum Gasteiger partial charge on any atom is 0.148 e. The number of hydrogen-bond acceptors (Lipinski definition) is 3. The zero-order valence-electron chi connectivity index (χ0n) is 31.0. The molecule has 0 saturated carbocycles. The molecule has 274 valence electrons. The molecule has 4 nitrogen and oxygen atoms in total. The molecule has 0 amide bonds. The molecule has 0 spiro atoms. The van der Waals surface area contributed by atoms with Crippen molar-refractivity contribution in [3.05, 3.63) is 205 Å². The fourth-order valence-electron chi connectivity index (χ4n) is 7.51. The largest absolute Gasteiger partial charge is 0.507 e. The van der Waals surface area contributed by atoms with E-state index in [1.807, 2.05) is 42.6 Å². The second kappa shape index (κ2) is 15.4. The summed E-state index contributed by atoms with van der Waals surface area (Å²) in [5, 5.41) is 11.2. The molecular formula is C51H38N3OPt-. The molecule has 7 aromatic carbocycles. The van der Waals surface area contributed by atoms with E-state index in [1.54, 1.807) is 6.07 Å². The molecule has 1 N–H and O–H groups in total. The van der Waals surface area contributed by atoms with Gasteiger partial charge in [0.2, 0.25) is 0 Å². The van der Waals surface area contributed by atoms with E-state index >= 15 is 0 Å². The van der Waals surface area contributed by atoms with Crippen molar-refractivity contribution in [2.75, 3.05) is 0 Å². The van der Waals surface area contributed by atoms with Crippen molar-refractivity contribution >= 4 is 11.0 Å². The van der Waals surface area contributed by atoms with Gasteiger partial charge in [-0.25, -0.2) is 4.98 Å². The third kappa shape index (κ3) is 6.89. The van der Waals surface area contributed by atoms with Crippen LogP contribution in [0.3, 0.4) is 0 Å². The van der Waals surface area contributed by atoms with Crippen LogP contribution in [-0.2, 0) is 26.5 Å². The maximum atomic E-state index is 11.2. The van der Waals surface area contributed by atoms with Crippen molar-refractivity contribution < 1.29 is 26.2 Å². The minimum Gasteiger partial charge on any atom is -0.507 e. The van der Waals surface area contributed by atoms with Crippen LogP contribution in [0.4, 0.5) is 0 Å². The number of para-hydroxylation sites is 2. The van der Waals surface area contributed by atoms with Gasteiger partial charge >= 0.3 is 0 Å². The van der Waals surface area contributed by atoms with Crippen molar-refractivity contribution in [2.45, 2.75) is 19.3 Å². The molecule has 0 saturated heterocycles. The molecule has 2 heterocycles. The summed E-state index contributed by atoms with van der Waals surface area (Å²) in [6.07, 6.45) is 1.87. The van der Waals surface area contributed by atoms with Gasteiger partial charge in [0.15, 0.2) is 0 Å². The molecule has 0 atom stereocenters. The fourth-order valence-corrected chi connectivity index (χ4v) is 7.51. The van der Waals surface area contributed by atoms with E-state index in [1.165, 1.54) is 11.1 Å². The number of hydrogen-bond donors (Lipinski definition) is 1. The van der Waals surface area contributed by atoms with Crippen LogP contribution in [0, 0.1) is 6.07 Å². The SMILES string of the molecule is CC(C)(c1ccccc1)c1ccc(-n2c(-c3ccccc3O)nc3c(-c4[c-]c(-c5cc(-c6ccccc6)ccn5)cc(-c5ccccc5)c4)cccc32)cc1.[Pt]. The van der Waals surface area contributed by atoms with Gasteiger partial charge in [0, 0.05) is 44.1 Å². The van der Waals surface area contributed by atoms with E-state index in [9.17, 15) is 5.11 Å². The van der Waals surface area contributed by atoms with Gasteiger partial charge in [0.1, 0.15) is 11.6 Å². The van der Waals surface area contributed by atoms with Gasteiger partial charge in [0.05, 0.1) is 16.6 Å². The Hall–Kier alpha value is -6.35. The summed E-state index contributed by atoms with van der Waals surface area (Å²) in [5.41, 5.74) is 13.6. The van der Waals surface area contributed by atoms with E-state index in [2.05, 4.69) is 164 Å². The van der Waals surface area contributed by atoms with Gasteiger partial charge in [-0.15, -0.1) is 23.8 Å². The molecule has 0 bridgehead atoms. The summed E-state index contributed by atoms with van der Waals surface area (Å²) in [5.74, 6) is 0.832. The number of aromatic hydroxyl groups is 1. The van der Waals surface area contributed by atoms with E-state index in [4.69, 9.17) is 9.97 Å². The van der Waals surface area contributed by atoms with Crippen molar-refractivity contribution in [1.82, 2.24) is 14.5 Å². The Morgan fingerprint density at radius 3 is 1.82 bits per heavy atom. The zero-order valence-corrected chi connectivity index (χ0v) is 33.3. The first-order chi connectivity index (χ1) is 26.9. The van der Waals surface area contributed by atoms with Crippen LogP contribution < -0.4 is 0 Å². The molecule has 2 aromatic heterocycles. The average molecular weight is 904 g/mol. The summed E-state index contributed by atoms with van der Waals surface area (Å²) in [6.45, 7) is 4.51. The zero-order chi connectivity index (χ0) is 37.4. The summed E-state index contributed by atoms with van der Waals surface area (Å²) in [7, 11) is 0. The fraction of sp³-hybridized carbons (Fsp3) is 0.0588. The molecule has 5 heteroatoms. The quantitative estimate of drug-likeness (QED) is 0.155. The number of phenolic OH excluding ortho intramolecular Hbond substituents is 1. The van der Waals surface area contributed by atoms with Gasteiger partial charge in [-0.05, 0) is 64.2 Å². The number of nitrogens with zero attached hydrogens (tertiary/aromatic N) is 3. The Morgan fingerprint density at radius 1 is 0.536 bits per heavy atom. The summed E-state index contributed by atoms with van der Waals surface area (Å²) < 4.78 is 2.15. The van der Waals surface area contributed by atoms with Crippen LogP contribution >= 0.6 is 0 Å². The van der Waals surface area contributed by atoms with Crippen molar-refractivity contribution in [1.29, 1.82) is 0 Å². The third-order valence-electron chi connectivity index (χ3n) is 10.6. The Balaban J connectivity index is 0.00000441. The standard InChI is InChI=1S/C51H38N3O.Pt/c1-51(2,41-19-10-5-11-20-41)42-25-27-43(28-26-42)54-47-23-14-22-44(49(47)53-50(54)45-21-12-13-24-48(45)55)39-31-38(36-17-8-4-9-18-36)32-40(33-39)46-34-37(29-30-52-46)35-15-6-3-7-16-35;/h3-32,34,55H,1-2H3;/q-1;. The summed E-state index contributed by atoms with van der Waals surface area (Å²) in [6, 6.07) is 66.1. The number of imidazole rings is 1. The van der Waals surface area contributed by atoms with Crippen molar-refractivity contribution in [3.63, 3.8) is 0 Å². The Bertz CT molecular complexity index is 2780. The topological polar surface area (TPSA) is 50.9 Å². The van der Waals surface area contributed by atoms with Crippen LogP contribution in [-0.4, -0.2) is 19.6 Å². The number of rotatable bonds is 8. The van der Waals surface area contributed by atoms with Gasteiger partial charge < -0.3 is 5.11 Å². The molecule has 56 heavy (non-hydrogen) atoms. The van der Waals surface area contributed by atoms with Crippen molar-refractivity contribution in [2.24, 2.45) is 0 Å². The molecule has 9 aromatic rings. The van der Waals surface area contributed by atoms with Gasteiger partial charge in [-0.3, -0.25) is 9.55 Å². The van der Waals surface area contributed by atoms with E-state index in [-0.39, 0.29) is 32.2 Å². The van der Waals surface area contributed by atoms with Crippen LogP contribution in [0.25, 0.3) is 72.7 Å². The predicted molar refractivity (Wildman–Crippen MR) is 225 cm³/mol. The first-order valence-electron chi connectivity index (χ1n) is 18.6. The van der Waals surface area contributed by atoms with Gasteiger partial charge in [-0.2, -0.15) is 0 Å². The Labute approximate surface area is 342 Å². The summed E-state index contributed by atoms with van der Waals surface area (Å²) in [4.78, 5) is 10.2. The number of benzene rings is 7. The number of phenols is 1. The Morgan fingerprint density at radius 2 is 1.12 bits per heavy atom. The first kappa shape index (κ1) is 36.6. The number of pyridine rings is 1. The van der Waals surface area contributed by atoms with E-state index in [0.29, 0.717) is 11.4 Å². The van der Waals surface area contributed by atoms with E-state index in [0.717, 1.165) is 61.4 Å².